The van der Waals surface area contributed by atoms with Crippen LogP contribution in [0.2, 0.25) is 0 Å². The van der Waals surface area contributed by atoms with Crippen LogP contribution in [0.5, 0.6) is 0 Å². The van der Waals surface area contributed by atoms with Gasteiger partial charge in [0, 0.05) is 5.56 Å². The summed E-state index contributed by atoms with van der Waals surface area (Å²) in [4.78, 5) is 11.4. The normalized spacial score (nSPS) is 11.6. The number of halogens is 4. The Labute approximate surface area is 95.6 Å². The molecule has 0 aliphatic heterocycles. The molecule has 0 fully saturated rings. The molecule has 17 heavy (non-hydrogen) atoms. The molecule has 0 aromatic heterocycles. The molecule has 0 aliphatic rings. The van der Waals surface area contributed by atoms with Crippen LogP contribution in [0.3, 0.4) is 0 Å². The van der Waals surface area contributed by atoms with E-state index in [2.05, 4.69) is 5.32 Å². The summed E-state index contributed by atoms with van der Waals surface area (Å²) in [7, 11) is 0. The van der Waals surface area contributed by atoms with Crippen molar-refractivity contribution in [2.75, 3.05) is 13.1 Å². The number of Topliss-reactive ketones (excluding diaryl/α,β-unsaturated/α-hetero) is 1. The first kappa shape index (κ1) is 13.6. The molecule has 0 amide bonds. The fourth-order valence-corrected chi connectivity index (χ4v) is 1.26. The maximum Gasteiger partial charge on any atom is 0.419 e. The van der Waals surface area contributed by atoms with Gasteiger partial charge in [-0.1, -0.05) is 13.0 Å². The third-order valence-corrected chi connectivity index (χ3v) is 2.13. The van der Waals surface area contributed by atoms with Crippen LogP contribution in [-0.2, 0) is 6.18 Å². The highest BCUT2D eigenvalue weighted by atomic mass is 19.4. The van der Waals surface area contributed by atoms with Gasteiger partial charge in [0.25, 0.3) is 0 Å². The highest BCUT2D eigenvalue weighted by molar-refractivity contribution is 5.97. The maximum absolute atomic E-state index is 13.1. The highest BCUT2D eigenvalue weighted by Crippen LogP contribution is 2.31. The summed E-state index contributed by atoms with van der Waals surface area (Å²) < 4.78 is 49.9. The molecule has 1 aromatic rings. The Bertz CT molecular complexity index is 414. The number of carbonyl (C=O) groups excluding carboxylic acids is 1. The molecule has 6 heteroatoms. The Morgan fingerprint density at radius 2 is 2.00 bits per heavy atom. The van der Waals surface area contributed by atoms with E-state index in [0.717, 1.165) is 6.07 Å². The lowest BCUT2D eigenvalue weighted by molar-refractivity contribution is -0.140. The second-order valence-corrected chi connectivity index (χ2v) is 3.40. The largest absolute Gasteiger partial charge is 0.419 e. The van der Waals surface area contributed by atoms with Crippen molar-refractivity contribution in [1.82, 2.24) is 5.32 Å². The number of rotatable bonds is 4. The summed E-state index contributed by atoms with van der Waals surface area (Å²) in [5, 5.41) is 2.72. The van der Waals surface area contributed by atoms with Gasteiger partial charge in [-0.3, -0.25) is 4.79 Å². The molecule has 0 atom stereocenters. The monoisotopic (exact) mass is 249 g/mol. The smallest absolute Gasteiger partial charge is 0.310 e. The fraction of sp³-hybridized carbons (Fsp3) is 0.364. The van der Waals surface area contributed by atoms with Gasteiger partial charge in [-0.05, 0) is 18.7 Å². The minimum Gasteiger partial charge on any atom is -0.310 e. The van der Waals surface area contributed by atoms with Crippen molar-refractivity contribution in [3.05, 3.63) is 35.1 Å². The van der Waals surface area contributed by atoms with E-state index < -0.39 is 23.3 Å². The lowest BCUT2D eigenvalue weighted by atomic mass is 10.1. The van der Waals surface area contributed by atoms with Crippen molar-refractivity contribution in [1.29, 1.82) is 0 Å². The number of benzene rings is 1. The average molecular weight is 249 g/mol. The van der Waals surface area contributed by atoms with Crippen LogP contribution >= 0.6 is 0 Å². The van der Waals surface area contributed by atoms with E-state index in [4.69, 9.17) is 0 Å². The molecule has 0 unspecified atom stereocenters. The van der Waals surface area contributed by atoms with Crippen molar-refractivity contribution in [3.63, 3.8) is 0 Å². The van der Waals surface area contributed by atoms with Crippen molar-refractivity contribution >= 4 is 5.78 Å². The Morgan fingerprint density at radius 1 is 1.35 bits per heavy atom. The zero-order chi connectivity index (χ0) is 13.1. The van der Waals surface area contributed by atoms with Crippen LogP contribution in [-0.4, -0.2) is 18.9 Å². The number of alkyl halides is 3. The van der Waals surface area contributed by atoms with Crippen molar-refractivity contribution < 1.29 is 22.4 Å². The molecule has 1 aromatic carbocycles. The van der Waals surface area contributed by atoms with Crippen LogP contribution in [0, 0.1) is 5.82 Å². The molecule has 94 valence electrons. The van der Waals surface area contributed by atoms with Gasteiger partial charge >= 0.3 is 6.18 Å². The molecule has 1 rings (SSSR count). The van der Waals surface area contributed by atoms with Gasteiger partial charge < -0.3 is 5.32 Å². The first-order chi connectivity index (χ1) is 7.86. The number of ketones is 1. The van der Waals surface area contributed by atoms with E-state index in [1.54, 1.807) is 6.92 Å². The molecule has 1 N–H and O–H groups in total. The summed E-state index contributed by atoms with van der Waals surface area (Å²) in [6, 6.07) is 2.17. The second-order valence-electron chi connectivity index (χ2n) is 3.40. The molecule has 0 saturated carbocycles. The number of nitrogens with one attached hydrogen (secondary N) is 1. The molecular weight excluding hydrogens is 238 g/mol. The summed E-state index contributed by atoms with van der Waals surface area (Å²) >= 11 is 0. The van der Waals surface area contributed by atoms with E-state index in [9.17, 15) is 22.4 Å². The zero-order valence-electron chi connectivity index (χ0n) is 9.07. The lowest BCUT2D eigenvalue weighted by Crippen LogP contribution is -2.22. The summed E-state index contributed by atoms with van der Waals surface area (Å²) in [6.45, 7) is 2.30. The predicted octanol–water partition coefficient (Wildman–Crippen LogP) is 2.64. The quantitative estimate of drug-likeness (QED) is 0.656. The first-order valence-electron chi connectivity index (χ1n) is 4.97. The van der Waals surface area contributed by atoms with E-state index >= 15 is 0 Å². The van der Waals surface area contributed by atoms with Gasteiger partial charge in [-0.15, -0.1) is 0 Å². The lowest BCUT2D eigenvalue weighted by Gasteiger charge is -2.09. The molecule has 0 radical (unpaired) electrons. The maximum atomic E-state index is 13.1. The Hall–Kier alpha value is -1.43. The molecule has 0 heterocycles. The number of carbonyl (C=O) groups is 1. The molecule has 2 nitrogen and oxygen atoms in total. The van der Waals surface area contributed by atoms with Gasteiger partial charge in [0.1, 0.15) is 5.82 Å². The number of hydrogen-bond donors (Lipinski definition) is 1. The molecular formula is C11H11F4NO. The van der Waals surface area contributed by atoms with Crippen molar-refractivity contribution in [3.8, 4) is 0 Å². The minimum absolute atomic E-state index is 0.0265. The third-order valence-electron chi connectivity index (χ3n) is 2.13. The van der Waals surface area contributed by atoms with Crippen LogP contribution in [0.1, 0.15) is 22.8 Å². The summed E-state index contributed by atoms with van der Waals surface area (Å²) in [5.74, 6) is -1.88. The Kier molecular flexibility index (Phi) is 4.22. The topological polar surface area (TPSA) is 29.1 Å². The summed E-state index contributed by atoms with van der Waals surface area (Å²) in [6.07, 6.45) is -4.74. The van der Waals surface area contributed by atoms with Crippen molar-refractivity contribution in [2.24, 2.45) is 0 Å². The minimum atomic E-state index is -4.74. The number of likely N-dealkylation sites (N-methyl/N-ethyl adjacent to an activating group) is 1. The van der Waals surface area contributed by atoms with Crippen LogP contribution in [0.15, 0.2) is 18.2 Å². The van der Waals surface area contributed by atoms with Gasteiger partial charge in [-0.25, -0.2) is 4.39 Å². The number of hydrogen-bond acceptors (Lipinski definition) is 2. The standard InChI is InChI=1S/C11H11F4NO/c1-2-16-6-10(17)7-3-4-8(9(12)5-7)11(13,14)15/h3-5,16H,2,6H2,1H3. The molecule has 0 bridgehead atoms. The Morgan fingerprint density at radius 3 is 2.47 bits per heavy atom. The predicted molar refractivity (Wildman–Crippen MR) is 54.3 cm³/mol. The fourth-order valence-electron chi connectivity index (χ4n) is 1.26. The Balaban J connectivity index is 2.93. The van der Waals surface area contributed by atoms with Crippen LogP contribution in [0.25, 0.3) is 0 Å². The van der Waals surface area contributed by atoms with E-state index in [-0.39, 0.29) is 12.1 Å². The SMILES string of the molecule is CCNCC(=O)c1ccc(C(F)(F)F)c(F)c1. The van der Waals surface area contributed by atoms with Crippen LogP contribution < -0.4 is 5.32 Å². The van der Waals surface area contributed by atoms with E-state index in [0.29, 0.717) is 18.7 Å². The van der Waals surface area contributed by atoms with E-state index in [1.165, 1.54) is 0 Å². The molecule has 0 saturated heterocycles. The van der Waals surface area contributed by atoms with Gasteiger partial charge in [-0.2, -0.15) is 13.2 Å². The molecule has 0 spiro atoms. The summed E-state index contributed by atoms with van der Waals surface area (Å²) in [5.41, 5.74) is -1.44. The van der Waals surface area contributed by atoms with Crippen LogP contribution in [0.4, 0.5) is 17.6 Å². The zero-order valence-corrected chi connectivity index (χ0v) is 9.07. The average Bonchev–Trinajstić information content (AvgIpc) is 2.23. The third kappa shape index (κ3) is 3.52. The van der Waals surface area contributed by atoms with Gasteiger partial charge in [0.2, 0.25) is 0 Å². The van der Waals surface area contributed by atoms with E-state index in [1.807, 2.05) is 0 Å². The van der Waals surface area contributed by atoms with Gasteiger partial charge in [0.15, 0.2) is 5.78 Å². The highest BCUT2D eigenvalue weighted by Gasteiger charge is 2.34. The molecule has 0 aliphatic carbocycles. The van der Waals surface area contributed by atoms with Crippen molar-refractivity contribution in [2.45, 2.75) is 13.1 Å². The second kappa shape index (κ2) is 5.27. The van der Waals surface area contributed by atoms with Gasteiger partial charge in [0.05, 0.1) is 12.1 Å². The first-order valence-corrected chi connectivity index (χ1v) is 4.97.